The maximum Gasteiger partial charge on any atom is 0.221 e. The van der Waals surface area contributed by atoms with E-state index in [9.17, 15) is 4.79 Å². The Morgan fingerprint density at radius 1 is 1.48 bits per heavy atom. The highest BCUT2D eigenvalue weighted by atomic mass is 35.5. The van der Waals surface area contributed by atoms with Crippen molar-refractivity contribution in [2.24, 2.45) is 0 Å². The Kier molecular flexibility index (Phi) is 8.76. The van der Waals surface area contributed by atoms with Crippen LogP contribution in [-0.2, 0) is 9.53 Å². The SMILES string of the molecule is COc1cccc(OC(C)CNC(=O)CC2COCCN2)c1.Cl. The summed E-state index contributed by atoms with van der Waals surface area (Å²) in [5.74, 6) is 1.48. The second kappa shape index (κ2) is 10.3. The van der Waals surface area contributed by atoms with Crippen LogP contribution in [0.4, 0.5) is 0 Å². The van der Waals surface area contributed by atoms with Gasteiger partial charge in [-0.15, -0.1) is 12.4 Å². The minimum Gasteiger partial charge on any atom is -0.497 e. The van der Waals surface area contributed by atoms with Crippen molar-refractivity contribution < 1.29 is 19.0 Å². The van der Waals surface area contributed by atoms with Crippen molar-refractivity contribution in [2.45, 2.75) is 25.5 Å². The summed E-state index contributed by atoms with van der Waals surface area (Å²) >= 11 is 0. The van der Waals surface area contributed by atoms with Crippen molar-refractivity contribution in [3.8, 4) is 11.5 Å². The molecule has 1 aliphatic heterocycles. The second-order valence-electron chi connectivity index (χ2n) is 5.34. The standard InChI is InChI=1S/C16H24N2O4.ClH/c1-12(22-15-5-3-4-14(9-15)20-2)10-18-16(19)8-13-11-21-7-6-17-13;/h3-5,9,12-13,17H,6-8,10-11H2,1-2H3,(H,18,19);1H. The molecule has 2 unspecified atom stereocenters. The number of morpholine rings is 1. The van der Waals surface area contributed by atoms with Crippen LogP contribution in [-0.4, -0.2) is 51.5 Å². The van der Waals surface area contributed by atoms with Gasteiger partial charge in [-0.1, -0.05) is 6.07 Å². The molecule has 1 saturated heterocycles. The third kappa shape index (κ3) is 7.07. The lowest BCUT2D eigenvalue weighted by Crippen LogP contribution is -2.45. The number of ether oxygens (including phenoxy) is 3. The first kappa shape index (κ1) is 19.5. The predicted molar refractivity (Wildman–Crippen MR) is 90.6 cm³/mol. The molecule has 2 atom stereocenters. The van der Waals surface area contributed by atoms with Crippen LogP contribution in [0.15, 0.2) is 24.3 Å². The van der Waals surface area contributed by atoms with Crippen molar-refractivity contribution in [3.05, 3.63) is 24.3 Å². The quantitative estimate of drug-likeness (QED) is 0.782. The summed E-state index contributed by atoms with van der Waals surface area (Å²) in [4.78, 5) is 11.9. The zero-order chi connectivity index (χ0) is 15.8. The average molecular weight is 345 g/mol. The van der Waals surface area contributed by atoms with Crippen LogP contribution in [0.1, 0.15) is 13.3 Å². The molecule has 0 aromatic heterocycles. The van der Waals surface area contributed by atoms with Crippen LogP contribution < -0.4 is 20.1 Å². The van der Waals surface area contributed by atoms with Crippen molar-refractivity contribution in [3.63, 3.8) is 0 Å². The number of hydrogen-bond acceptors (Lipinski definition) is 5. The number of benzene rings is 1. The van der Waals surface area contributed by atoms with Crippen molar-refractivity contribution in [1.82, 2.24) is 10.6 Å². The first-order valence-electron chi connectivity index (χ1n) is 7.56. The molecule has 130 valence electrons. The molecule has 0 aliphatic carbocycles. The lowest BCUT2D eigenvalue weighted by Gasteiger charge is -2.23. The maximum absolute atomic E-state index is 11.9. The van der Waals surface area contributed by atoms with E-state index in [1.54, 1.807) is 7.11 Å². The molecule has 7 heteroatoms. The summed E-state index contributed by atoms with van der Waals surface area (Å²) in [7, 11) is 1.62. The first-order chi connectivity index (χ1) is 10.7. The Morgan fingerprint density at radius 2 is 2.26 bits per heavy atom. The normalized spacial score (nSPS) is 18.4. The van der Waals surface area contributed by atoms with E-state index in [2.05, 4.69) is 10.6 Å². The van der Waals surface area contributed by atoms with Gasteiger partial charge >= 0.3 is 0 Å². The third-order valence-electron chi connectivity index (χ3n) is 3.40. The van der Waals surface area contributed by atoms with Crippen LogP contribution in [0, 0.1) is 0 Å². The molecule has 2 N–H and O–H groups in total. The highest BCUT2D eigenvalue weighted by Crippen LogP contribution is 2.19. The summed E-state index contributed by atoms with van der Waals surface area (Å²) in [6.45, 7) is 4.48. The molecular formula is C16H25ClN2O4. The number of methoxy groups -OCH3 is 1. The van der Waals surface area contributed by atoms with Crippen LogP contribution in [0.25, 0.3) is 0 Å². The smallest absolute Gasteiger partial charge is 0.221 e. The van der Waals surface area contributed by atoms with E-state index in [-0.39, 0.29) is 30.5 Å². The Bertz CT molecular complexity index is 481. The largest absolute Gasteiger partial charge is 0.497 e. The molecule has 6 nitrogen and oxygen atoms in total. The summed E-state index contributed by atoms with van der Waals surface area (Å²) in [5.41, 5.74) is 0. The van der Waals surface area contributed by atoms with E-state index >= 15 is 0 Å². The summed E-state index contributed by atoms with van der Waals surface area (Å²) in [5, 5.41) is 6.15. The van der Waals surface area contributed by atoms with Crippen LogP contribution in [0.5, 0.6) is 11.5 Å². The van der Waals surface area contributed by atoms with E-state index in [4.69, 9.17) is 14.2 Å². The van der Waals surface area contributed by atoms with E-state index < -0.39 is 0 Å². The maximum atomic E-state index is 11.9. The monoisotopic (exact) mass is 344 g/mol. The number of nitrogens with one attached hydrogen (secondary N) is 2. The molecule has 1 aromatic rings. The fourth-order valence-electron chi connectivity index (χ4n) is 2.25. The van der Waals surface area contributed by atoms with Crippen molar-refractivity contribution in [2.75, 3.05) is 33.4 Å². The molecule has 1 aliphatic rings. The highest BCUT2D eigenvalue weighted by Gasteiger charge is 2.17. The van der Waals surface area contributed by atoms with Crippen molar-refractivity contribution >= 4 is 18.3 Å². The number of rotatable bonds is 7. The third-order valence-corrected chi connectivity index (χ3v) is 3.40. The molecule has 0 radical (unpaired) electrons. The topological polar surface area (TPSA) is 68.8 Å². The highest BCUT2D eigenvalue weighted by molar-refractivity contribution is 5.85. The van der Waals surface area contributed by atoms with Gasteiger partial charge in [0.05, 0.1) is 26.9 Å². The van der Waals surface area contributed by atoms with Crippen LogP contribution >= 0.6 is 12.4 Å². The van der Waals surface area contributed by atoms with Gasteiger partial charge in [0.1, 0.15) is 17.6 Å². The molecule has 1 fully saturated rings. The first-order valence-corrected chi connectivity index (χ1v) is 7.56. The molecule has 1 amide bonds. The Morgan fingerprint density at radius 3 is 2.96 bits per heavy atom. The zero-order valence-electron chi connectivity index (χ0n) is 13.5. The van der Waals surface area contributed by atoms with Gasteiger partial charge < -0.3 is 24.8 Å². The molecule has 0 spiro atoms. The van der Waals surface area contributed by atoms with Gasteiger partial charge in [-0.3, -0.25) is 4.79 Å². The van der Waals surface area contributed by atoms with Gasteiger partial charge in [-0.05, 0) is 19.1 Å². The lowest BCUT2D eigenvalue weighted by atomic mass is 10.2. The summed E-state index contributed by atoms with van der Waals surface area (Å²) < 4.78 is 16.2. The molecule has 1 aromatic carbocycles. The van der Waals surface area contributed by atoms with Crippen LogP contribution in [0.2, 0.25) is 0 Å². The summed E-state index contributed by atoms with van der Waals surface area (Å²) in [6.07, 6.45) is 0.304. The Labute approximate surface area is 143 Å². The lowest BCUT2D eigenvalue weighted by molar-refractivity contribution is -0.122. The molecule has 0 saturated carbocycles. The van der Waals surface area contributed by atoms with Gasteiger partial charge in [-0.25, -0.2) is 0 Å². The molecule has 23 heavy (non-hydrogen) atoms. The molecule has 2 rings (SSSR count). The van der Waals surface area contributed by atoms with Crippen LogP contribution in [0.3, 0.4) is 0 Å². The number of halogens is 1. The van der Waals surface area contributed by atoms with Gasteiger partial charge in [0.25, 0.3) is 0 Å². The second-order valence-corrected chi connectivity index (χ2v) is 5.34. The van der Waals surface area contributed by atoms with Gasteiger partial charge in [0.2, 0.25) is 5.91 Å². The predicted octanol–water partition coefficient (Wildman–Crippen LogP) is 1.38. The molecule has 0 bridgehead atoms. The number of carbonyl (C=O) groups excluding carboxylic acids is 1. The summed E-state index contributed by atoms with van der Waals surface area (Å²) in [6, 6.07) is 7.52. The average Bonchev–Trinajstić information content (AvgIpc) is 2.54. The van der Waals surface area contributed by atoms with Gasteiger partial charge in [-0.2, -0.15) is 0 Å². The Hall–Kier alpha value is -1.50. The minimum atomic E-state index is -0.119. The fourth-order valence-corrected chi connectivity index (χ4v) is 2.25. The minimum absolute atomic E-state index is 0. The fraction of sp³-hybridized carbons (Fsp3) is 0.562. The van der Waals surface area contributed by atoms with E-state index in [0.717, 1.165) is 18.0 Å². The zero-order valence-corrected chi connectivity index (χ0v) is 14.4. The van der Waals surface area contributed by atoms with Gasteiger partial charge in [0, 0.05) is 25.1 Å². The number of carbonyl (C=O) groups is 1. The number of amides is 1. The van der Waals surface area contributed by atoms with E-state index in [0.29, 0.717) is 26.2 Å². The van der Waals surface area contributed by atoms with Crippen molar-refractivity contribution in [1.29, 1.82) is 0 Å². The van der Waals surface area contributed by atoms with E-state index in [1.807, 2.05) is 31.2 Å². The molecular weight excluding hydrogens is 320 g/mol. The Balaban J connectivity index is 0.00000264. The van der Waals surface area contributed by atoms with E-state index in [1.165, 1.54) is 0 Å². The van der Waals surface area contributed by atoms with Gasteiger partial charge in [0.15, 0.2) is 0 Å². The number of hydrogen-bond donors (Lipinski definition) is 2. The molecule has 1 heterocycles.